The molecule has 0 bridgehead atoms. The molecule has 0 radical (unpaired) electrons. The number of pyridine rings is 2. The first kappa shape index (κ1) is 26.4. The number of carbonyl (C=O) groups excluding carboxylic acids is 1. The van der Waals surface area contributed by atoms with E-state index in [4.69, 9.17) is 9.72 Å². The predicted molar refractivity (Wildman–Crippen MR) is 147 cm³/mol. The lowest BCUT2D eigenvalue weighted by molar-refractivity contribution is -0.172. The number of fused-ring (bicyclic) bond motifs is 5. The molecule has 3 aliphatic rings. The third-order valence-electron chi connectivity index (χ3n) is 8.55. The van der Waals surface area contributed by atoms with E-state index in [0.717, 1.165) is 36.9 Å². The van der Waals surface area contributed by atoms with Crippen LogP contribution >= 0.6 is 0 Å². The van der Waals surface area contributed by atoms with Crippen molar-refractivity contribution >= 4 is 16.9 Å². The van der Waals surface area contributed by atoms with Crippen LogP contribution in [0, 0.1) is 11.3 Å². The van der Waals surface area contributed by atoms with Crippen molar-refractivity contribution in [3.8, 4) is 23.2 Å². The molecule has 1 aromatic carbocycles. The quantitative estimate of drug-likeness (QED) is 0.324. The normalized spacial score (nSPS) is 20.8. The number of hydrogen-bond acceptors (Lipinski definition) is 9. The van der Waals surface area contributed by atoms with Gasteiger partial charge in [-0.05, 0) is 50.6 Å². The van der Waals surface area contributed by atoms with Crippen LogP contribution in [-0.2, 0) is 34.8 Å². The number of hydrogen-bond donors (Lipinski definition) is 3. The minimum atomic E-state index is -1.90. The molecular formula is C30H33N5O5. The fraction of sp³-hybridized carbons (Fsp3) is 0.467. The molecule has 10 nitrogen and oxygen atoms in total. The number of aromatic hydroxyl groups is 1. The Balaban J connectivity index is 1.42. The van der Waals surface area contributed by atoms with Crippen LogP contribution in [0.3, 0.4) is 0 Å². The first-order valence-electron chi connectivity index (χ1n) is 13.9. The maximum Gasteiger partial charge on any atom is 0.343 e. The van der Waals surface area contributed by atoms with Crippen LogP contribution in [-0.4, -0.2) is 55.8 Å². The fourth-order valence-electron chi connectivity index (χ4n) is 6.38. The first-order chi connectivity index (χ1) is 19.1. The molecule has 0 unspecified atom stereocenters. The van der Waals surface area contributed by atoms with Crippen molar-refractivity contribution in [2.45, 2.75) is 77.4 Å². The van der Waals surface area contributed by atoms with Gasteiger partial charge in [0.15, 0.2) is 5.60 Å². The highest BCUT2D eigenvalue weighted by Gasteiger charge is 2.45. The highest BCUT2D eigenvalue weighted by molar-refractivity contribution is 5.90. The molecular weight excluding hydrogens is 510 g/mol. The minimum absolute atomic E-state index is 0.0361. The Labute approximate surface area is 231 Å². The summed E-state index contributed by atoms with van der Waals surface area (Å²) in [7, 11) is 0. The van der Waals surface area contributed by atoms with Gasteiger partial charge >= 0.3 is 5.97 Å². The number of aromatic nitrogens is 2. The van der Waals surface area contributed by atoms with Gasteiger partial charge in [0.1, 0.15) is 18.4 Å². The van der Waals surface area contributed by atoms with E-state index in [0.29, 0.717) is 41.1 Å². The maximum absolute atomic E-state index is 13.5. The van der Waals surface area contributed by atoms with E-state index in [9.17, 15) is 25.1 Å². The summed E-state index contributed by atoms with van der Waals surface area (Å²) in [6, 6.07) is 8.18. The maximum atomic E-state index is 13.5. The average Bonchev–Trinajstić information content (AvgIpc) is 3.30. The molecule has 3 aromatic rings. The van der Waals surface area contributed by atoms with Gasteiger partial charge in [0.25, 0.3) is 5.56 Å². The molecule has 6 rings (SSSR count). The average molecular weight is 544 g/mol. The summed E-state index contributed by atoms with van der Waals surface area (Å²) in [5.74, 6) is -0.801. The number of ether oxygens (including phenoxy) is 1. The third-order valence-corrected chi connectivity index (χ3v) is 8.55. The van der Waals surface area contributed by atoms with Gasteiger partial charge in [-0.1, -0.05) is 20.8 Å². The number of rotatable bonds is 5. The Bertz CT molecular complexity index is 1650. The van der Waals surface area contributed by atoms with Crippen molar-refractivity contribution in [3.05, 3.63) is 56.4 Å². The van der Waals surface area contributed by atoms with Crippen molar-refractivity contribution in [3.63, 3.8) is 0 Å². The highest BCUT2D eigenvalue weighted by atomic mass is 16.6. The Morgan fingerprint density at radius 1 is 1.25 bits per heavy atom. The van der Waals surface area contributed by atoms with E-state index in [1.807, 2.05) is 6.07 Å². The smallest absolute Gasteiger partial charge is 0.343 e. The molecule has 0 amide bonds. The lowest BCUT2D eigenvalue weighted by Gasteiger charge is -2.33. The van der Waals surface area contributed by atoms with Gasteiger partial charge in [0.2, 0.25) is 0 Å². The zero-order valence-corrected chi connectivity index (χ0v) is 23.0. The number of cyclic esters (lactones) is 1. The lowest BCUT2D eigenvalue weighted by Crippen LogP contribution is -2.44. The van der Waals surface area contributed by atoms with E-state index >= 15 is 0 Å². The number of nitrogens with zero attached hydrogens (tertiary/aromatic N) is 4. The summed E-state index contributed by atoms with van der Waals surface area (Å²) in [4.78, 5) is 33.1. The Kier molecular flexibility index (Phi) is 6.41. The number of carbonyl (C=O) groups is 1. The van der Waals surface area contributed by atoms with Gasteiger partial charge in [0, 0.05) is 40.7 Å². The molecule has 1 saturated heterocycles. The van der Waals surface area contributed by atoms with Crippen molar-refractivity contribution in [2.24, 2.45) is 0 Å². The van der Waals surface area contributed by atoms with Gasteiger partial charge < -0.3 is 24.8 Å². The highest BCUT2D eigenvalue weighted by Crippen LogP contribution is 2.40. The number of phenolic OH excluding ortho intramolecular Hbond substituents is 1. The summed E-state index contributed by atoms with van der Waals surface area (Å²) in [6.07, 6.45) is 2.07. The van der Waals surface area contributed by atoms with E-state index in [1.54, 1.807) is 23.6 Å². The molecule has 10 heteroatoms. The van der Waals surface area contributed by atoms with Crippen LogP contribution in [0.25, 0.3) is 22.3 Å². The Hall–Kier alpha value is -3.78. The standard InChI is InChI=1S/C30H33N5O5/c1-4-30(39)23-11-25-26-18(13-35(25)28(37)22(23)15-40-29(30)38)9-20-21(27(36)17(12-31)10-24(20)33-26)14-34-7-5-19(6-8-34)32-16(2)3/h9-11,16,19,32,36,39H,4-8,13-15H2,1-3H3/t30-/m0/s1. The molecule has 2 aromatic heterocycles. The summed E-state index contributed by atoms with van der Waals surface area (Å²) in [5.41, 5.74) is 1.52. The zero-order valence-electron chi connectivity index (χ0n) is 23.0. The number of phenols is 1. The molecule has 5 heterocycles. The van der Waals surface area contributed by atoms with E-state index in [-0.39, 0.29) is 47.6 Å². The number of likely N-dealkylation sites (tertiary alicyclic amines) is 1. The van der Waals surface area contributed by atoms with Crippen LogP contribution in [0.5, 0.6) is 5.75 Å². The molecule has 0 saturated carbocycles. The first-order valence-corrected chi connectivity index (χ1v) is 13.9. The monoisotopic (exact) mass is 543 g/mol. The van der Waals surface area contributed by atoms with Gasteiger partial charge in [0.05, 0.1) is 34.6 Å². The van der Waals surface area contributed by atoms with Gasteiger partial charge in [-0.25, -0.2) is 9.78 Å². The lowest BCUT2D eigenvalue weighted by atomic mass is 9.86. The number of nitriles is 1. The van der Waals surface area contributed by atoms with Crippen molar-refractivity contribution in [2.75, 3.05) is 13.1 Å². The van der Waals surface area contributed by atoms with Crippen LogP contribution in [0.2, 0.25) is 0 Å². The van der Waals surface area contributed by atoms with Gasteiger partial charge in [-0.3, -0.25) is 9.69 Å². The van der Waals surface area contributed by atoms with Crippen molar-refractivity contribution < 1.29 is 19.7 Å². The van der Waals surface area contributed by atoms with E-state index < -0.39 is 11.6 Å². The molecule has 1 fully saturated rings. The third kappa shape index (κ3) is 4.08. The zero-order chi connectivity index (χ0) is 28.3. The van der Waals surface area contributed by atoms with Crippen molar-refractivity contribution in [1.82, 2.24) is 19.8 Å². The molecule has 1 atom stereocenters. The second kappa shape index (κ2) is 9.70. The molecule has 3 N–H and O–H groups in total. The molecule has 0 spiro atoms. The summed E-state index contributed by atoms with van der Waals surface area (Å²) in [6.45, 7) is 8.27. The van der Waals surface area contributed by atoms with Crippen molar-refractivity contribution in [1.29, 1.82) is 5.26 Å². The summed E-state index contributed by atoms with van der Waals surface area (Å²) in [5, 5.41) is 36.3. The number of nitrogens with one attached hydrogen (secondary N) is 1. The number of benzene rings is 1. The van der Waals surface area contributed by atoms with Gasteiger partial charge in [-0.15, -0.1) is 0 Å². The Morgan fingerprint density at radius 2 is 2.00 bits per heavy atom. The van der Waals surface area contributed by atoms with Gasteiger partial charge in [-0.2, -0.15) is 5.26 Å². The number of aliphatic hydroxyl groups is 1. The molecule has 0 aliphatic carbocycles. The van der Waals surface area contributed by atoms with Crippen LogP contribution < -0.4 is 10.9 Å². The van der Waals surface area contributed by atoms with Crippen LogP contribution in [0.15, 0.2) is 23.0 Å². The second-order valence-electron chi connectivity index (χ2n) is 11.4. The number of esters is 1. The Morgan fingerprint density at radius 3 is 2.67 bits per heavy atom. The topological polar surface area (TPSA) is 141 Å². The fourth-order valence-corrected chi connectivity index (χ4v) is 6.38. The SMILES string of the molecule is CC[C@@]1(O)C(=O)OCc2c1cc1n(c2=O)Cc2cc3c(CN4CCC(NC(C)C)CC4)c(O)c(C#N)cc3nc2-1. The van der Waals surface area contributed by atoms with Crippen LogP contribution in [0.1, 0.15) is 67.9 Å². The van der Waals surface area contributed by atoms with E-state index in [2.05, 4.69) is 30.1 Å². The second-order valence-corrected chi connectivity index (χ2v) is 11.4. The predicted octanol–water partition coefficient (Wildman–Crippen LogP) is 2.62. The minimum Gasteiger partial charge on any atom is -0.506 e. The van der Waals surface area contributed by atoms with Crippen LogP contribution in [0.4, 0.5) is 0 Å². The summed E-state index contributed by atoms with van der Waals surface area (Å²) < 4.78 is 6.74. The van der Waals surface area contributed by atoms with E-state index in [1.165, 1.54) is 0 Å². The molecule has 3 aliphatic heterocycles. The summed E-state index contributed by atoms with van der Waals surface area (Å²) >= 11 is 0. The molecule has 40 heavy (non-hydrogen) atoms. The largest absolute Gasteiger partial charge is 0.506 e. The molecule has 208 valence electrons. The number of piperidine rings is 1.